The van der Waals surface area contributed by atoms with Gasteiger partial charge in [-0.05, 0) is 46.7 Å². The summed E-state index contributed by atoms with van der Waals surface area (Å²) in [6.07, 6.45) is 1.16. The molecule has 2 rings (SSSR count). The highest BCUT2D eigenvalue weighted by Crippen LogP contribution is 2.21. The number of nitrogens with zero attached hydrogens (tertiary/aromatic N) is 1. The smallest absolute Gasteiger partial charge is 0.224 e. The van der Waals surface area contributed by atoms with Gasteiger partial charge in [0, 0.05) is 18.9 Å². The van der Waals surface area contributed by atoms with Gasteiger partial charge in [0.25, 0.3) is 0 Å². The van der Waals surface area contributed by atoms with Gasteiger partial charge in [0.05, 0.1) is 11.4 Å². The number of thiophene rings is 1. The van der Waals surface area contributed by atoms with Crippen LogP contribution in [0.4, 0.5) is 5.69 Å². The lowest BCUT2D eigenvalue weighted by Crippen LogP contribution is -2.27. The molecule has 0 bridgehead atoms. The molecule has 0 aliphatic carbocycles. The Labute approximate surface area is 122 Å². The van der Waals surface area contributed by atoms with Crippen LogP contribution in [0.25, 0.3) is 0 Å². The Morgan fingerprint density at radius 3 is 2.30 bits per heavy atom. The molecule has 2 aromatic rings. The normalized spacial score (nSPS) is 11.3. The quantitative estimate of drug-likeness (QED) is 0.872. The van der Waals surface area contributed by atoms with Crippen molar-refractivity contribution in [2.75, 3.05) is 11.2 Å². The van der Waals surface area contributed by atoms with E-state index in [2.05, 4.69) is 0 Å². The van der Waals surface area contributed by atoms with Gasteiger partial charge in [-0.25, -0.2) is 8.42 Å². The molecule has 106 valence electrons. The monoisotopic (exact) mass is 309 g/mol. The van der Waals surface area contributed by atoms with E-state index in [1.54, 1.807) is 28.4 Å². The minimum absolute atomic E-state index is 0.0803. The van der Waals surface area contributed by atoms with Crippen LogP contribution in [-0.4, -0.2) is 20.6 Å². The molecular weight excluding hydrogens is 294 g/mol. The third-order valence-corrected chi connectivity index (χ3v) is 4.74. The van der Waals surface area contributed by atoms with Crippen molar-refractivity contribution >= 4 is 32.8 Å². The zero-order chi connectivity index (χ0) is 14.8. The van der Waals surface area contributed by atoms with Crippen molar-refractivity contribution in [3.05, 3.63) is 46.7 Å². The second kappa shape index (κ2) is 5.76. The molecule has 0 unspecified atom stereocenters. The van der Waals surface area contributed by atoms with E-state index in [0.29, 0.717) is 12.2 Å². The summed E-state index contributed by atoms with van der Waals surface area (Å²) in [5.41, 5.74) is 1.74. The lowest BCUT2D eigenvalue weighted by atomic mass is 10.2. The van der Waals surface area contributed by atoms with Crippen molar-refractivity contribution in [1.82, 2.24) is 0 Å². The number of carbonyl (C=O) groups is 1. The summed E-state index contributed by atoms with van der Waals surface area (Å²) in [6.45, 7) is 1.98. The molecular formula is C14H15NO3S2. The number of sulfone groups is 1. The van der Waals surface area contributed by atoms with E-state index in [-0.39, 0.29) is 10.8 Å². The molecule has 0 aliphatic heterocycles. The lowest BCUT2D eigenvalue weighted by molar-refractivity contribution is -0.116. The van der Waals surface area contributed by atoms with Crippen LogP contribution in [0.5, 0.6) is 0 Å². The van der Waals surface area contributed by atoms with Crippen LogP contribution in [0.3, 0.4) is 0 Å². The van der Waals surface area contributed by atoms with Crippen LogP contribution in [0.2, 0.25) is 0 Å². The molecule has 1 aromatic carbocycles. The zero-order valence-corrected chi connectivity index (χ0v) is 12.9. The van der Waals surface area contributed by atoms with E-state index in [1.807, 2.05) is 16.8 Å². The van der Waals surface area contributed by atoms with Crippen molar-refractivity contribution < 1.29 is 13.2 Å². The van der Waals surface area contributed by atoms with Crippen molar-refractivity contribution in [3.8, 4) is 0 Å². The summed E-state index contributed by atoms with van der Waals surface area (Å²) in [5.74, 6) is -0.0803. The standard InChI is InChI=1S/C14H15NO3S2/c1-11(16)15(9-12-7-8-19-10-12)13-3-5-14(6-4-13)20(2,17)18/h3-8,10H,9H2,1-2H3. The summed E-state index contributed by atoms with van der Waals surface area (Å²) < 4.78 is 22.9. The maximum absolute atomic E-state index is 11.8. The second-order valence-electron chi connectivity index (χ2n) is 4.50. The fourth-order valence-corrected chi connectivity index (χ4v) is 3.11. The van der Waals surface area contributed by atoms with Gasteiger partial charge in [-0.2, -0.15) is 11.3 Å². The molecule has 1 aromatic heterocycles. The predicted molar refractivity (Wildman–Crippen MR) is 80.7 cm³/mol. The first-order valence-corrected chi connectivity index (χ1v) is 8.80. The van der Waals surface area contributed by atoms with Gasteiger partial charge in [0.2, 0.25) is 5.91 Å². The fraction of sp³-hybridized carbons (Fsp3) is 0.214. The Morgan fingerprint density at radius 1 is 1.20 bits per heavy atom. The molecule has 0 saturated carbocycles. The van der Waals surface area contributed by atoms with Gasteiger partial charge in [0.1, 0.15) is 0 Å². The fourth-order valence-electron chi connectivity index (χ4n) is 1.82. The van der Waals surface area contributed by atoms with E-state index < -0.39 is 9.84 Å². The Morgan fingerprint density at radius 2 is 1.85 bits per heavy atom. The van der Waals surface area contributed by atoms with E-state index >= 15 is 0 Å². The van der Waals surface area contributed by atoms with Crippen molar-refractivity contribution in [1.29, 1.82) is 0 Å². The number of hydrogen-bond acceptors (Lipinski definition) is 4. The van der Waals surface area contributed by atoms with E-state index in [0.717, 1.165) is 11.8 Å². The maximum Gasteiger partial charge on any atom is 0.224 e. The Hall–Kier alpha value is -1.66. The minimum atomic E-state index is -3.22. The molecule has 0 aliphatic rings. The molecule has 0 saturated heterocycles. The third kappa shape index (κ3) is 3.46. The number of rotatable bonds is 4. The molecule has 1 heterocycles. The van der Waals surface area contributed by atoms with Gasteiger partial charge in [-0.15, -0.1) is 0 Å². The lowest BCUT2D eigenvalue weighted by Gasteiger charge is -2.21. The number of carbonyl (C=O) groups excluding carboxylic acids is 1. The number of benzene rings is 1. The second-order valence-corrected chi connectivity index (χ2v) is 7.30. The summed E-state index contributed by atoms with van der Waals surface area (Å²) in [7, 11) is -3.22. The van der Waals surface area contributed by atoms with Gasteiger partial charge >= 0.3 is 0 Å². The highest BCUT2D eigenvalue weighted by molar-refractivity contribution is 7.90. The Balaban J connectivity index is 2.28. The number of hydrogen-bond donors (Lipinski definition) is 0. The highest BCUT2D eigenvalue weighted by Gasteiger charge is 2.14. The zero-order valence-electron chi connectivity index (χ0n) is 11.2. The molecule has 0 fully saturated rings. The molecule has 6 heteroatoms. The van der Waals surface area contributed by atoms with Crippen LogP contribution in [0.15, 0.2) is 46.0 Å². The first-order chi connectivity index (χ1) is 9.38. The highest BCUT2D eigenvalue weighted by atomic mass is 32.2. The first-order valence-electron chi connectivity index (χ1n) is 5.97. The largest absolute Gasteiger partial charge is 0.308 e. The average Bonchev–Trinajstić information content (AvgIpc) is 2.87. The molecule has 0 spiro atoms. The van der Waals surface area contributed by atoms with Gasteiger partial charge in [-0.3, -0.25) is 4.79 Å². The summed E-state index contributed by atoms with van der Waals surface area (Å²) in [4.78, 5) is 13.6. The van der Waals surface area contributed by atoms with Crippen molar-refractivity contribution in [2.45, 2.75) is 18.4 Å². The summed E-state index contributed by atoms with van der Waals surface area (Å²) >= 11 is 1.58. The van der Waals surface area contributed by atoms with Crippen LogP contribution in [-0.2, 0) is 21.2 Å². The SMILES string of the molecule is CC(=O)N(Cc1ccsc1)c1ccc(S(C)(=O)=O)cc1. The van der Waals surface area contributed by atoms with Crippen LogP contribution in [0, 0.1) is 0 Å². The summed E-state index contributed by atoms with van der Waals surface area (Å²) in [5, 5.41) is 3.95. The molecule has 0 radical (unpaired) electrons. The third-order valence-electron chi connectivity index (χ3n) is 2.88. The maximum atomic E-state index is 11.8. The van der Waals surface area contributed by atoms with Crippen LogP contribution >= 0.6 is 11.3 Å². The average molecular weight is 309 g/mol. The minimum Gasteiger partial charge on any atom is -0.308 e. The topological polar surface area (TPSA) is 54.5 Å². The van der Waals surface area contributed by atoms with Crippen LogP contribution < -0.4 is 4.90 Å². The summed E-state index contributed by atoms with van der Waals surface area (Å²) in [6, 6.07) is 8.32. The Kier molecular flexibility index (Phi) is 4.25. The van der Waals surface area contributed by atoms with Gasteiger partial charge in [0.15, 0.2) is 9.84 Å². The van der Waals surface area contributed by atoms with Crippen LogP contribution in [0.1, 0.15) is 12.5 Å². The molecule has 4 nitrogen and oxygen atoms in total. The van der Waals surface area contributed by atoms with E-state index in [1.165, 1.54) is 19.1 Å². The van der Waals surface area contributed by atoms with E-state index in [4.69, 9.17) is 0 Å². The van der Waals surface area contributed by atoms with Gasteiger partial charge < -0.3 is 4.90 Å². The Bertz CT molecular complexity index is 689. The molecule has 0 atom stereocenters. The van der Waals surface area contributed by atoms with Crippen molar-refractivity contribution in [2.24, 2.45) is 0 Å². The van der Waals surface area contributed by atoms with Crippen molar-refractivity contribution in [3.63, 3.8) is 0 Å². The van der Waals surface area contributed by atoms with E-state index in [9.17, 15) is 13.2 Å². The number of anilines is 1. The molecule has 20 heavy (non-hydrogen) atoms. The molecule has 0 N–H and O–H groups in total. The van der Waals surface area contributed by atoms with Gasteiger partial charge in [-0.1, -0.05) is 0 Å². The predicted octanol–water partition coefficient (Wildman–Crippen LogP) is 2.70. The number of amides is 1. The molecule has 1 amide bonds. The first kappa shape index (κ1) is 14.7.